The third kappa shape index (κ3) is 6.32. The van der Waals surface area contributed by atoms with Crippen LogP contribution in [0.5, 0.6) is 0 Å². The zero-order valence-corrected chi connectivity index (χ0v) is 22.1. The molecule has 180 valence electrons. The van der Waals surface area contributed by atoms with E-state index < -0.39 is 22.5 Å². The Balaban J connectivity index is 1.95. The molecule has 0 unspecified atom stereocenters. The van der Waals surface area contributed by atoms with Crippen LogP contribution in [0.15, 0.2) is 65.6 Å². The van der Waals surface area contributed by atoms with Gasteiger partial charge in [0.15, 0.2) is 0 Å². The first-order valence-electron chi connectivity index (χ1n) is 10.6. The predicted molar refractivity (Wildman–Crippen MR) is 139 cm³/mol. The number of hydrogen-bond acceptors (Lipinski definition) is 3. The number of halogens is 3. The van der Waals surface area contributed by atoms with Crippen LogP contribution in [-0.2, 0) is 21.4 Å². The lowest BCUT2D eigenvalue weighted by Crippen LogP contribution is -2.38. The second-order valence-corrected chi connectivity index (χ2v) is 11.4. The Morgan fingerprint density at radius 2 is 1.62 bits per heavy atom. The highest BCUT2D eigenvalue weighted by Gasteiger charge is 2.28. The molecule has 9 heteroatoms. The van der Waals surface area contributed by atoms with Crippen LogP contribution in [0.25, 0.3) is 0 Å². The van der Waals surface area contributed by atoms with Crippen LogP contribution in [0.1, 0.15) is 36.5 Å². The molecule has 0 saturated heterocycles. The van der Waals surface area contributed by atoms with Crippen molar-refractivity contribution < 1.29 is 13.2 Å². The summed E-state index contributed by atoms with van der Waals surface area (Å²) in [5.74, 6) is -0.282. The summed E-state index contributed by atoms with van der Waals surface area (Å²) in [5.41, 5.74) is 3.08. The number of carbonyl (C=O) groups is 1. The van der Waals surface area contributed by atoms with Crippen molar-refractivity contribution in [1.82, 2.24) is 4.31 Å². The minimum Gasteiger partial charge on any atom is -0.324 e. The molecule has 3 aromatic rings. The van der Waals surface area contributed by atoms with E-state index in [-0.39, 0.29) is 17.4 Å². The quantitative estimate of drug-likeness (QED) is 0.338. The van der Waals surface area contributed by atoms with Crippen LogP contribution < -0.4 is 5.32 Å². The molecule has 0 spiro atoms. The summed E-state index contributed by atoms with van der Waals surface area (Å²) in [5, 5.41) is 4.06. The normalized spacial score (nSPS) is 11.8. The van der Waals surface area contributed by atoms with Crippen molar-refractivity contribution in [3.8, 4) is 0 Å². The van der Waals surface area contributed by atoms with Gasteiger partial charge in [-0.2, -0.15) is 4.31 Å². The van der Waals surface area contributed by atoms with Crippen LogP contribution in [0.3, 0.4) is 0 Å². The molecule has 0 aliphatic carbocycles. The molecule has 0 heterocycles. The maximum absolute atomic E-state index is 13.5. The second-order valence-electron chi connectivity index (χ2n) is 8.20. The molecule has 1 N–H and O–H groups in total. The zero-order valence-electron chi connectivity index (χ0n) is 19.0. The average molecular weight is 540 g/mol. The average Bonchev–Trinajstić information content (AvgIpc) is 2.76. The maximum Gasteiger partial charge on any atom is 0.243 e. The number of amides is 1. The van der Waals surface area contributed by atoms with Gasteiger partial charge in [0.25, 0.3) is 0 Å². The Labute approximate surface area is 215 Å². The van der Waals surface area contributed by atoms with Crippen molar-refractivity contribution in [1.29, 1.82) is 0 Å². The highest BCUT2D eigenvalue weighted by molar-refractivity contribution is 7.89. The first-order valence-corrected chi connectivity index (χ1v) is 13.2. The van der Waals surface area contributed by atoms with E-state index in [0.717, 1.165) is 15.4 Å². The minimum atomic E-state index is -4.04. The molecule has 0 fully saturated rings. The number of sulfonamides is 1. The van der Waals surface area contributed by atoms with E-state index in [1.54, 1.807) is 12.1 Å². The fraction of sp³-hybridized carbons (Fsp3) is 0.240. The number of nitrogens with zero attached hydrogens (tertiary/aromatic N) is 1. The van der Waals surface area contributed by atoms with Gasteiger partial charge in [-0.25, -0.2) is 8.42 Å². The molecule has 0 saturated carbocycles. The molecule has 3 aromatic carbocycles. The molecule has 3 rings (SSSR count). The second kappa shape index (κ2) is 11.1. The van der Waals surface area contributed by atoms with Crippen LogP contribution in [0, 0.1) is 6.92 Å². The molecular formula is C25H25Cl3N2O3S. The summed E-state index contributed by atoms with van der Waals surface area (Å²) in [6.45, 7) is 5.45. The molecule has 0 radical (unpaired) electrons. The number of benzene rings is 3. The van der Waals surface area contributed by atoms with Crippen molar-refractivity contribution >= 4 is 56.4 Å². The summed E-state index contributed by atoms with van der Waals surface area (Å²) >= 11 is 18.2. The van der Waals surface area contributed by atoms with Gasteiger partial charge in [-0.05, 0) is 65.9 Å². The van der Waals surface area contributed by atoms with Gasteiger partial charge in [-0.1, -0.05) is 72.9 Å². The van der Waals surface area contributed by atoms with E-state index in [2.05, 4.69) is 5.32 Å². The van der Waals surface area contributed by atoms with Gasteiger partial charge in [0.05, 0.1) is 11.4 Å². The molecule has 34 heavy (non-hydrogen) atoms. The fourth-order valence-corrected chi connectivity index (χ4v) is 5.47. The molecule has 0 atom stereocenters. The van der Waals surface area contributed by atoms with Crippen molar-refractivity contribution in [3.63, 3.8) is 0 Å². The van der Waals surface area contributed by atoms with E-state index in [0.29, 0.717) is 26.3 Å². The van der Waals surface area contributed by atoms with E-state index in [1.165, 1.54) is 30.3 Å². The van der Waals surface area contributed by atoms with Gasteiger partial charge < -0.3 is 5.32 Å². The van der Waals surface area contributed by atoms with E-state index in [9.17, 15) is 13.2 Å². The van der Waals surface area contributed by atoms with Crippen LogP contribution in [0.4, 0.5) is 5.69 Å². The van der Waals surface area contributed by atoms with Gasteiger partial charge in [0.2, 0.25) is 15.9 Å². The molecular weight excluding hydrogens is 515 g/mol. The van der Waals surface area contributed by atoms with Crippen molar-refractivity contribution in [2.24, 2.45) is 0 Å². The highest BCUT2D eigenvalue weighted by Crippen LogP contribution is 2.29. The van der Waals surface area contributed by atoms with Crippen LogP contribution >= 0.6 is 34.8 Å². The van der Waals surface area contributed by atoms with Gasteiger partial charge in [-0.3, -0.25) is 4.79 Å². The van der Waals surface area contributed by atoms with Crippen LogP contribution in [0.2, 0.25) is 15.1 Å². The Hall–Kier alpha value is -2.09. The molecule has 0 bridgehead atoms. The lowest BCUT2D eigenvalue weighted by Gasteiger charge is -2.23. The fourth-order valence-electron chi connectivity index (χ4n) is 3.50. The topological polar surface area (TPSA) is 66.5 Å². The smallest absolute Gasteiger partial charge is 0.243 e. The number of aryl methyl sites for hydroxylation is 1. The Morgan fingerprint density at radius 3 is 2.24 bits per heavy atom. The summed E-state index contributed by atoms with van der Waals surface area (Å²) < 4.78 is 28.1. The number of rotatable bonds is 8. The number of anilines is 1. The van der Waals surface area contributed by atoms with E-state index >= 15 is 0 Å². The Morgan fingerprint density at radius 1 is 0.971 bits per heavy atom. The Bertz CT molecular complexity index is 1290. The molecule has 1 amide bonds. The zero-order chi connectivity index (χ0) is 25.0. The number of nitrogens with one attached hydrogen (secondary N) is 1. The first-order chi connectivity index (χ1) is 16.0. The van der Waals surface area contributed by atoms with Crippen molar-refractivity contribution in [2.45, 2.75) is 38.1 Å². The first kappa shape index (κ1) is 26.5. The maximum atomic E-state index is 13.5. The van der Waals surface area contributed by atoms with Gasteiger partial charge in [-0.15, -0.1) is 0 Å². The predicted octanol–water partition coefficient (Wildman–Crippen LogP) is 6.91. The van der Waals surface area contributed by atoms with Gasteiger partial charge >= 0.3 is 0 Å². The lowest BCUT2D eigenvalue weighted by molar-refractivity contribution is -0.116. The number of hydrogen-bond donors (Lipinski definition) is 1. The molecule has 0 aliphatic heterocycles. The van der Waals surface area contributed by atoms with Gasteiger partial charge in [0.1, 0.15) is 0 Å². The largest absolute Gasteiger partial charge is 0.324 e. The van der Waals surface area contributed by atoms with E-state index in [4.69, 9.17) is 34.8 Å². The monoisotopic (exact) mass is 538 g/mol. The summed E-state index contributed by atoms with van der Waals surface area (Å²) in [7, 11) is -4.04. The van der Waals surface area contributed by atoms with Crippen LogP contribution in [-0.4, -0.2) is 25.2 Å². The van der Waals surface area contributed by atoms with Gasteiger partial charge in [0, 0.05) is 27.3 Å². The number of para-hydroxylation sites is 1. The third-order valence-corrected chi connectivity index (χ3v) is 7.97. The SMILES string of the molecule is Cc1cccc(C(C)C)c1NC(=O)CN(Cc1ccc(Cl)cc1Cl)S(=O)(=O)c1ccc(Cl)cc1. The third-order valence-electron chi connectivity index (χ3n) is 5.32. The van der Waals surface area contributed by atoms with Crippen molar-refractivity contribution in [3.05, 3.63) is 92.4 Å². The molecule has 0 aliphatic rings. The standard InChI is InChI=1S/C25H25Cl3N2O3S/c1-16(2)22-6-4-5-17(3)25(22)29-24(31)15-30(14-18-7-8-20(27)13-23(18)28)34(32,33)21-11-9-19(26)10-12-21/h4-13,16H,14-15H2,1-3H3,(H,29,31). The number of carbonyl (C=O) groups excluding carboxylic acids is 1. The summed E-state index contributed by atoms with van der Waals surface area (Å²) in [6, 6.07) is 16.4. The minimum absolute atomic E-state index is 0.0218. The highest BCUT2D eigenvalue weighted by atomic mass is 35.5. The van der Waals surface area contributed by atoms with E-state index in [1.807, 2.05) is 39.0 Å². The lowest BCUT2D eigenvalue weighted by atomic mass is 9.98. The Kier molecular flexibility index (Phi) is 8.66. The molecule has 0 aromatic heterocycles. The van der Waals surface area contributed by atoms with Crippen molar-refractivity contribution in [2.75, 3.05) is 11.9 Å². The summed E-state index contributed by atoms with van der Waals surface area (Å²) in [6.07, 6.45) is 0. The summed E-state index contributed by atoms with van der Waals surface area (Å²) in [4.78, 5) is 13.1. The molecule has 5 nitrogen and oxygen atoms in total.